The molecule has 0 aromatic heterocycles. The van der Waals surface area contributed by atoms with Crippen molar-refractivity contribution in [2.75, 3.05) is 19.6 Å². The molecule has 1 atom stereocenters. The van der Waals surface area contributed by atoms with Crippen LogP contribution in [0.3, 0.4) is 0 Å². The first-order chi connectivity index (χ1) is 9.61. The number of hydrogen-bond acceptors (Lipinski definition) is 2. The van der Waals surface area contributed by atoms with Crippen LogP contribution >= 0.6 is 0 Å². The molecule has 4 heteroatoms. The number of benzene rings is 1. The second kappa shape index (κ2) is 6.84. The molecule has 1 heterocycles. The zero-order valence-electron chi connectivity index (χ0n) is 12.3. The molecule has 0 aliphatic carbocycles. The Morgan fingerprint density at radius 3 is 2.90 bits per heavy atom. The number of nitrogens with zero attached hydrogens (tertiary/aromatic N) is 1. The normalized spacial score (nSPS) is 18.2. The molecular formula is C16H23FN2O. The topological polar surface area (TPSA) is 32.3 Å². The van der Waals surface area contributed by atoms with Crippen LogP contribution in [-0.4, -0.2) is 36.5 Å². The third-order valence-corrected chi connectivity index (χ3v) is 3.74. The maximum atomic E-state index is 14.0. The summed E-state index contributed by atoms with van der Waals surface area (Å²) < 4.78 is 14.0. The molecule has 1 saturated heterocycles. The van der Waals surface area contributed by atoms with Crippen LogP contribution in [0.15, 0.2) is 18.2 Å². The highest BCUT2D eigenvalue weighted by Gasteiger charge is 2.23. The molecule has 1 aliphatic heterocycles. The van der Waals surface area contributed by atoms with E-state index >= 15 is 0 Å². The highest BCUT2D eigenvalue weighted by molar-refractivity contribution is 5.94. The quantitative estimate of drug-likeness (QED) is 0.898. The lowest BCUT2D eigenvalue weighted by Gasteiger charge is -2.25. The summed E-state index contributed by atoms with van der Waals surface area (Å²) in [6, 6.07) is 5.15. The van der Waals surface area contributed by atoms with Gasteiger partial charge in [0.05, 0.1) is 5.56 Å². The number of carbonyl (C=O) groups excluding carboxylic acids is 1. The van der Waals surface area contributed by atoms with Crippen LogP contribution in [0, 0.1) is 12.7 Å². The number of amides is 1. The molecule has 0 spiro atoms. The van der Waals surface area contributed by atoms with Gasteiger partial charge in [-0.1, -0.05) is 13.0 Å². The minimum Gasteiger partial charge on any atom is -0.337 e. The molecule has 1 aromatic carbocycles. The van der Waals surface area contributed by atoms with Crippen molar-refractivity contribution < 1.29 is 9.18 Å². The summed E-state index contributed by atoms with van der Waals surface area (Å²) >= 11 is 0. The molecule has 1 fully saturated rings. The Hall–Kier alpha value is -1.42. The van der Waals surface area contributed by atoms with Crippen molar-refractivity contribution in [1.29, 1.82) is 0 Å². The van der Waals surface area contributed by atoms with Gasteiger partial charge < -0.3 is 10.2 Å². The van der Waals surface area contributed by atoms with Crippen molar-refractivity contribution in [2.24, 2.45) is 0 Å². The number of hydrogen-bond donors (Lipinski definition) is 1. The maximum Gasteiger partial charge on any atom is 0.256 e. The van der Waals surface area contributed by atoms with Crippen molar-refractivity contribution in [1.82, 2.24) is 10.2 Å². The van der Waals surface area contributed by atoms with Crippen molar-refractivity contribution in [3.8, 4) is 0 Å². The summed E-state index contributed by atoms with van der Waals surface area (Å²) in [4.78, 5) is 14.3. The van der Waals surface area contributed by atoms with Crippen LogP contribution < -0.4 is 5.32 Å². The molecular weight excluding hydrogens is 255 g/mol. The summed E-state index contributed by atoms with van der Waals surface area (Å²) in [5.74, 6) is -0.617. The molecule has 2 rings (SSSR count). The van der Waals surface area contributed by atoms with E-state index in [1.54, 1.807) is 17.0 Å². The Balaban J connectivity index is 2.12. The Morgan fingerprint density at radius 2 is 2.30 bits per heavy atom. The van der Waals surface area contributed by atoms with Crippen molar-refractivity contribution in [3.05, 3.63) is 35.1 Å². The Labute approximate surface area is 120 Å². The molecule has 0 bridgehead atoms. The minimum atomic E-state index is -0.421. The van der Waals surface area contributed by atoms with Gasteiger partial charge in [0.25, 0.3) is 5.91 Å². The summed E-state index contributed by atoms with van der Waals surface area (Å²) in [6.07, 6.45) is 3.12. The van der Waals surface area contributed by atoms with E-state index in [0.29, 0.717) is 19.1 Å². The predicted octanol–water partition coefficient (Wildman–Crippen LogP) is 2.74. The van der Waals surface area contributed by atoms with Gasteiger partial charge in [-0.15, -0.1) is 0 Å². The molecule has 1 amide bonds. The largest absolute Gasteiger partial charge is 0.337 e. The third-order valence-electron chi connectivity index (χ3n) is 3.74. The molecule has 20 heavy (non-hydrogen) atoms. The van der Waals surface area contributed by atoms with Gasteiger partial charge in [0.15, 0.2) is 0 Å². The highest BCUT2D eigenvalue weighted by atomic mass is 19.1. The summed E-state index contributed by atoms with van der Waals surface area (Å²) in [5, 5.41) is 3.39. The molecule has 1 aliphatic rings. The number of rotatable bonds is 5. The smallest absolute Gasteiger partial charge is 0.256 e. The van der Waals surface area contributed by atoms with Crippen LogP contribution in [0.1, 0.15) is 42.1 Å². The lowest BCUT2D eigenvalue weighted by Crippen LogP contribution is -2.41. The number of nitrogens with one attached hydrogen (secondary N) is 1. The Bertz CT molecular complexity index is 470. The van der Waals surface area contributed by atoms with Crippen LogP contribution in [0.25, 0.3) is 0 Å². The van der Waals surface area contributed by atoms with E-state index in [1.165, 1.54) is 6.07 Å². The minimum absolute atomic E-state index is 0.182. The zero-order chi connectivity index (χ0) is 14.5. The molecule has 1 unspecified atom stereocenters. The molecule has 110 valence electrons. The number of carbonyl (C=O) groups is 1. The van der Waals surface area contributed by atoms with Gasteiger partial charge in [-0.3, -0.25) is 4.79 Å². The highest BCUT2D eigenvalue weighted by Crippen LogP contribution is 2.15. The van der Waals surface area contributed by atoms with E-state index in [1.807, 2.05) is 13.8 Å². The Morgan fingerprint density at radius 1 is 1.50 bits per heavy atom. The second-order valence-electron chi connectivity index (χ2n) is 5.53. The van der Waals surface area contributed by atoms with Crippen LogP contribution in [0.5, 0.6) is 0 Å². The van der Waals surface area contributed by atoms with E-state index in [-0.39, 0.29) is 11.5 Å². The van der Waals surface area contributed by atoms with Crippen LogP contribution in [0.4, 0.5) is 4.39 Å². The van der Waals surface area contributed by atoms with E-state index in [9.17, 15) is 9.18 Å². The lowest BCUT2D eigenvalue weighted by atomic mass is 10.1. The molecule has 3 nitrogen and oxygen atoms in total. The average Bonchev–Trinajstić information content (AvgIpc) is 2.90. The van der Waals surface area contributed by atoms with Crippen molar-refractivity contribution in [3.63, 3.8) is 0 Å². The first kappa shape index (κ1) is 15.0. The SMILES string of the molecule is CCCN(CC1CCCN1)C(=O)c1ccc(C)cc1F. The average molecular weight is 278 g/mol. The van der Waals surface area contributed by atoms with E-state index in [4.69, 9.17) is 0 Å². The summed E-state index contributed by atoms with van der Waals surface area (Å²) in [7, 11) is 0. The summed E-state index contributed by atoms with van der Waals surface area (Å²) in [6.45, 7) is 6.21. The fourth-order valence-corrected chi connectivity index (χ4v) is 2.69. The zero-order valence-corrected chi connectivity index (χ0v) is 12.3. The molecule has 1 N–H and O–H groups in total. The molecule has 0 saturated carbocycles. The fourth-order valence-electron chi connectivity index (χ4n) is 2.69. The summed E-state index contributed by atoms with van der Waals surface area (Å²) in [5.41, 5.74) is 1.01. The van der Waals surface area contributed by atoms with Gasteiger partial charge in [-0.2, -0.15) is 0 Å². The standard InChI is InChI=1S/C16H23FN2O/c1-3-9-19(11-13-5-4-8-18-13)16(20)14-7-6-12(2)10-15(14)17/h6-7,10,13,18H,3-5,8-9,11H2,1-2H3. The van der Waals surface area contributed by atoms with Gasteiger partial charge >= 0.3 is 0 Å². The van der Waals surface area contributed by atoms with Crippen molar-refractivity contribution in [2.45, 2.75) is 39.2 Å². The van der Waals surface area contributed by atoms with E-state index < -0.39 is 5.82 Å². The monoisotopic (exact) mass is 278 g/mol. The molecule has 1 aromatic rings. The van der Waals surface area contributed by atoms with E-state index in [2.05, 4.69) is 5.32 Å². The van der Waals surface area contributed by atoms with Gasteiger partial charge in [0, 0.05) is 19.1 Å². The lowest BCUT2D eigenvalue weighted by molar-refractivity contribution is 0.0737. The van der Waals surface area contributed by atoms with Gasteiger partial charge in [0.1, 0.15) is 5.82 Å². The fraction of sp³-hybridized carbons (Fsp3) is 0.562. The van der Waals surface area contributed by atoms with Gasteiger partial charge in [-0.05, 0) is 50.4 Å². The maximum absolute atomic E-state index is 14.0. The van der Waals surface area contributed by atoms with Gasteiger partial charge in [-0.25, -0.2) is 4.39 Å². The first-order valence-corrected chi connectivity index (χ1v) is 7.40. The first-order valence-electron chi connectivity index (χ1n) is 7.40. The van der Waals surface area contributed by atoms with E-state index in [0.717, 1.165) is 31.4 Å². The van der Waals surface area contributed by atoms with Gasteiger partial charge in [0.2, 0.25) is 0 Å². The third kappa shape index (κ3) is 3.57. The second-order valence-corrected chi connectivity index (χ2v) is 5.53. The van der Waals surface area contributed by atoms with Crippen LogP contribution in [0.2, 0.25) is 0 Å². The van der Waals surface area contributed by atoms with Crippen molar-refractivity contribution >= 4 is 5.91 Å². The van der Waals surface area contributed by atoms with Crippen LogP contribution in [-0.2, 0) is 0 Å². The number of aryl methyl sites for hydroxylation is 1. The molecule has 0 radical (unpaired) electrons. The number of halogens is 1. The predicted molar refractivity (Wildman–Crippen MR) is 78.4 cm³/mol. The Kier molecular flexibility index (Phi) is 5.12.